The molecule has 0 amide bonds. The molecule has 4 heteroatoms. The van der Waals surface area contributed by atoms with E-state index in [9.17, 15) is 4.39 Å². The molecule has 0 spiro atoms. The molecule has 1 fully saturated rings. The van der Waals surface area contributed by atoms with E-state index < -0.39 is 0 Å². The highest BCUT2D eigenvalue weighted by Gasteiger charge is 2.20. The topological polar surface area (TPSA) is 21.3 Å². The summed E-state index contributed by atoms with van der Waals surface area (Å²) in [6.45, 7) is 0. The van der Waals surface area contributed by atoms with Gasteiger partial charge in [0.05, 0.1) is 10.6 Å². The molecule has 1 aliphatic carbocycles. The lowest BCUT2D eigenvalue weighted by Crippen LogP contribution is -2.29. The predicted octanol–water partition coefficient (Wildman–Crippen LogP) is 3.96. The third-order valence-electron chi connectivity index (χ3n) is 3.30. The van der Waals surface area contributed by atoms with Crippen molar-refractivity contribution in [2.75, 3.05) is 12.4 Å². The van der Waals surface area contributed by atoms with Crippen molar-refractivity contribution in [3.63, 3.8) is 0 Å². The molecule has 1 aromatic rings. The average molecular weight is 302 g/mol. The van der Waals surface area contributed by atoms with Gasteiger partial charge in [-0.25, -0.2) is 4.39 Å². The quantitative estimate of drug-likeness (QED) is 0.912. The van der Waals surface area contributed by atoms with E-state index in [2.05, 4.69) is 21.2 Å². The molecule has 0 radical (unpaired) electrons. The number of halogens is 2. The Morgan fingerprint density at radius 1 is 1.29 bits per heavy atom. The molecule has 0 aromatic heterocycles. The lowest BCUT2D eigenvalue weighted by molar-refractivity contribution is 0.0682. The van der Waals surface area contributed by atoms with Gasteiger partial charge in [0.25, 0.3) is 0 Å². The molecule has 94 valence electrons. The van der Waals surface area contributed by atoms with Crippen LogP contribution in [0.25, 0.3) is 0 Å². The Labute approximate surface area is 110 Å². The van der Waals surface area contributed by atoms with Crippen LogP contribution in [0.4, 0.5) is 10.1 Å². The zero-order valence-corrected chi connectivity index (χ0v) is 11.5. The first-order chi connectivity index (χ1) is 8.19. The van der Waals surface area contributed by atoms with Gasteiger partial charge in [-0.2, -0.15) is 0 Å². The zero-order valence-electron chi connectivity index (χ0n) is 9.88. The Bertz CT molecular complexity index is 378. The van der Waals surface area contributed by atoms with Crippen molar-refractivity contribution in [2.45, 2.75) is 37.8 Å². The fraction of sp³-hybridized carbons (Fsp3) is 0.538. The fourth-order valence-corrected chi connectivity index (χ4v) is 2.64. The highest BCUT2D eigenvalue weighted by atomic mass is 79.9. The molecule has 0 unspecified atom stereocenters. The molecule has 1 saturated carbocycles. The summed E-state index contributed by atoms with van der Waals surface area (Å²) >= 11 is 3.20. The van der Waals surface area contributed by atoms with Crippen molar-refractivity contribution in [3.05, 3.63) is 28.5 Å². The maximum Gasteiger partial charge on any atom is 0.137 e. The Kier molecular flexibility index (Phi) is 4.40. The Morgan fingerprint density at radius 3 is 2.59 bits per heavy atom. The zero-order chi connectivity index (χ0) is 12.3. The van der Waals surface area contributed by atoms with Crippen LogP contribution in [0, 0.1) is 5.82 Å². The third kappa shape index (κ3) is 3.42. The van der Waals surface area contributed by atoms with Crippen LogP contribution in [0.2, 0.25) is 0 Å². The Hall–Kier alpha value is -0.610. The number of anilines is 1. The van der Waals surface area contributed by atoms with Gasteiger partial charge in [-0.3, -0.25) is 0 Å². The van der Waals surface area contributed by atoms with E-state index in [1.54, 1.807) is 19.2 Å². The minimum atomic E-state index is -0.223. The number of benzene rings is 1. The van der Waals surface area contributed by atoms with E-state index in [0.717, 1.165) is 31.4 Å². The molecule has 0 bridgehead atoms. The largest absolute Gasteiger partial charge is 0.382 e. The second-order valence-electron chi connectivity index (χ2n) is 4.48. The van der Waals surface area contributed by atoms with Crippen molar-refractivity contribution < 1.29 is 9.13 Å². The number of hydrogen-bond donors (Lipinski definition) is 1. The standard InChI is InChI=1S/C13H17BrFNO/c1-17-11-5-2-9(3-6-11)16-10-4-7-13(15)12(14)8-10/h4,7-9,11,16H,2-3,5-6H2,1H3. The van der Waals surface area contributed by atoms with Crippen LogP contribution in [-0.2, 0) is 4.74 Å². The smallest absolute Gasteiger partial charge is 0.137 e. The van der Waals surface area contributed by atoms with Crippen molar-refractivity contribution >= 4 is 21.6 Å². The number of hydrogen-bond acceptors (Lipinski definition) is 2. The average Bonchev–Trinajstić information content (AvgIpc) is 2.35. The number of nitrogens with one attached hydrogen (secondary N) is 1. The molecule has 0 saturated heterocycles. The maximum atomic E-state index is 13.1. The van der Waals surface area contributed by atoms with Gasteiger partial charge >= 0.3 is 0 Å². The van der Waals surface area contributed by atoms with Crippen LogP contribution < -0.4 is 5.32 Å². The third-order valence-corrected chi connectivity index (χ3v) is 3.91. The monoisotopic (exact) mass is 301 g/mol. The highest BCUT2D eigenvalue weighted by molar-refractivity contribution is 9.10. The van der Waals surface area contributed by atoms with Crippen LogP contribution in [0.3, 0.4) is 0 Å². The molecule has 1 aliphatic rings. The fourth-order valence-electron chi connectivity index (χ4n) is 2.26. The number of ether oxygens (including phenoxy) is 1. The van der Waals surface area contributed by atoms with E-state index in [1.807, 2.05) is 0 Å². The summed E-state index contributed by atoms with van der Waals surface area (Å²) in [5.74, 6) is -0.223. The number of methoxy groups -OCH3 is 1. The first kappa shape index (κ1) is 12.8. The molecular formula is C13H17BrFNO. The summed E-state index contributed by atoms with van der Waals surface area (Å²) in [7, 11) is 1.77. The molecule has 1 aromatic carbocycles. The molecule has 17 heavy (non-hydrogen) atoms. The van der Waals surface area contributed by atoms with E-state index in [1.165, 1.54) is 6.07 Å². The molecular weight excluding hydrogens is 285 g/mol. The lowest BCUT2D eigenvalue weighted by atomic mass is 9.93. The normalized spacial score (nSPS) is 24.6. The highest BCUT2D eigenvalue weighted by Crippen LogP contribution is 2.26. The Morgan fingerprint density at radius 2 is 2.00 bits per heavy atom. The molecule has 0 heterocycles. The van der Waals surface area contributed by atoms with E-state index >= 15 is 0 Å². The van der Waals surface area contributed by atoms with E-state index in [0.29, 0.717) is 16.6 Å². The van der Waals surface area contributed by atoms with Crippen molar-refractivity contribution in [2.24, 2.45) is 0 Å². The lowest BCUT2D eigenvalue weighted by Gasteiger charge is -2.29. The summed E-state index contributed by atoms with van der Waals surface area (Å²) in [5, 5.41) is 3.44. The maximum absolute atomic E-state index is 13.1. The minimum absolute atomic E-state index is 0.223. The van der Waals surface area contributed by atoms with E-state index in [4.69, 9.17) is 4.74 Å². The van der Waals surface area contributed by atoms with Gasteiger partial charge in [0, 0.05) is 18.8 Å². The number of rotatable bonds is 3. The summed E-state index contributed by atoms with van der Waals surface area (Å²) in [4.78, 5) is 0. The Balaban J connectivity index is 1.91. The van der Waals surface area contributed by atoms with E-state index in [-0.39, 0.29) is 5.82 Å². The van der Waals surface area contributed by atoms with Crippen LogP contribution in [0.5, 0.6) is 0 Å². The molecule has 0 atom stereocenters. The first-order valence-corrected chi connectivity index (χ1v) is 6.72. The minimum Gasteiger partial charge on any atom is -0.382 e. The summed E-state index contributed by atoms with van der Waals surface area (Å²) in [6.07, 6.45) is 4.81. The van der Waals surface area contributed by atoms with Crippen LogP contribution in [-0.4, -0.2) is 19.3 Å². The first-order valence-electron chi connectivity index (χ1n) is 5.93. The predicted molar refractivity (Wildman–Crippen MR) is 70.8 cm³/mol. The van der Waals surface area contributed by atoms with Gasteiger partial charge in [0.1, 0.15) is 5.82 Å². The summed E-state index contributed by atoms with van der Waals surface area (Å²) in [6, 6.07) is 5.52. The van der Waals surface area contributed by atoms with Crippen LogP contribution >= 0.6 is 15.9 Å². The molecule has 2 nitrogen and oxygen atoms in total. The van der Waals surface area contributed by atoms with Crippen LogP contribution in [0.15, 0.2) is 22.7 Å². The van der Waals surface area contributed by atoms with Gasteiger partial charge in [-0.15, -0.1) is 0 Å². The molecule has 2 rings (SSSR count). The van der Waals surface area contributed by atoms with Crippen molar-refractivity contribution in [1.29, 1.82) is 0 Å². The van der Waals surface area contributed by atoms with Gasteiger partial charge in [-0.05, 0) is 59.8 Å². The van der Waals surface area contributed by atoms with Crippen LogP contribution in [0.1, 0.15) is 25.7 Å². The van der Waals surface area contributed by atoms with Gasteiger partial charge in [0.2, 0.25) is 0 Å². The van der Waals surface area contributed by atoms with Gasteiger partial charge in [-0.1, -0.05) is 0 Å². The van der Waals surface area contributed by atoms with Gasteiger partial charge in [0.15, 0.2) is 0 Å². The SMILES string of the molecule is COC1CCC(Nc2ccc(F)c(Br)c2)CC1. The second-order valence-corrected chi connectivity index (χ2v) is 5.34. The summed E-state index contributed by atoms with van der Waals surface area (Å²) < 4.78 is 18.9. The van der Waals surface area contributed by atoms with Crippen molar-refractivity contribution in [1.82, 2.24) is 0 Å². The molecule has 1 N–H and O–H groups in total. The summed E-state index contributed by atoms with van der Waals surface area (Å²) in [5.41, 5.74) is 0.971. The molecule has 0 aliphatic heterocycles. The second kappa shape index (κ2) is 5.83. The van der Waals surface area contributed by atoms with Crippen molar-refractivity contribution in [3.8, 4) is 0 Å². The van der Waals surface area contributed by atoms with Gasteiger partial charge < -0.3 is 10.1 Å².